The topological polar surface area (TPSA) is 147 Å². The molecule has 212 valence electrons. The van der Waals surface area contributed by atoms with Crippen LogP contribution in [0.3, 0.4) is 0 Å². The smallest absolute Gasteiger partial charge is 0.368 e. The van der Waals surface area contributed by atoms with Crippen molar-refractivity contribution in [1.29, 1.82) is 5.26 Å². The largest absolute Gasteiger partial charge is 0.417 e. The summed E-state index contributed by atoms with van der Waals surface area (Å²) in [5.41, 5.74) is 6.58. The van der Waals surface area contributed by atoms with Crippen molar-refractivity contribution in [2.75, 3.05) is 18.4 Å². The molecule has 1 fully saturated rings. The van der Waals surface area contributed by atoms with Gasteiger partial charge in [-0.05, 0) is 48.7 Å². The number of benzene rings is 1. The summed E-state index contributed by atoms with van der Waals surface area (Å²) in [6.45, 7) is 0.362. The van der Waals surface area contributed by atoms with Gasteiger partial charge in [0, 0.05) is 48.7 Å². The Morgan fingerprint density at radius 2 is 1.78 bits per heavy atom. The first-order valence-electron chi connectivity index (χ1n) is 12.5. The second kappa shape index (κ2) is 10.8. The van der Waals surface area contributed by atoms with Crippen LogP contribution in [0, 0.1) is 11.3 Å². The summed E-state index contributed by atoms with van der Waals surface area (Å²) in [5.74, 6) is -0.264. The standard InChI is InChI=1S/C27H24F3N7O3S/c28-27(29,30)20-3-6-25(33-14-20)35-21-7-9-37(10-8-21)41(39,40)22-4-1-17(2-5-22)18-11-23-19(12-31)15-36(16-24(32)38)26(23)34-13-18/h1-6,11,13-15,21H,7-10,16H2,(H2,32,38)(H,33,35). The van der Waals surface area contributed by atoms with Crippen LogP contribution in [0.1, 0.15) is 24.0 Å². The van der Waals surface area contributed by atoms with Crippen LogP contribution in [0.25, 0.3) is 22.2 Å². The summed E-state index contributed by atoms with van der Waals surface area (Å²) in [6.07, 6.45) is 0.316. The highest BCUT2D eigenvalue weighted by Crippen LogP contribution is 2.30. The first-order valence-corrected chi connectivity index (χ1v) is 14.0. The summed E-state index contributed by atoms with van der Waals surface area (Å²) in [6, 6.07) is 12.3. The predicted molar refractivity (Wildman–Crippen MR) is 144 cm³/mol. The van der Waals surface area contributed by atoms with Crippen molar-refractivity contribution < 1.29 is 26.4 Å². The molecule has 10 nitrogen and oxygen atoms in total. The Bertz CT molecular complexity index is 1740. The molecule has 4 aromatic rings. The number of nitriles is 1. The van der Waals surface area contributed by atoms with E-state index in [1.807, 2.05) is 0 Å². The number of hydrogen-bond donors (Lipinski definition) is 2. The lowest BCUT2D eigenvalue weighted by Crippen LogP contribution is -2.42. The Hall–Kier alpha value is -4.48. The van der Waals surface area contributed by atoms with E-state index in [-0.39, 0.29) is 30.6 Å². The van der Waals surface area contributed by atoms with Gasteiger partial charge in [-0.25, -0.2) is 18.4 Å². The van der Waals surface area contributed by atoms with E-state index in [1.165, 1.54) is 33.3 Å². The second-order valence-corrected chi connectivity index (χ2v) is 11.6. The lowest BCUT2D eigenvalue weighted by atomic mass is 10.1. The molecule has 0 aliphatic carbocycles. The number of pyridine rings is 2. The van der Waals surface area contributed by atoms with Gasteiger partial charge in [-0.3, -0.25) is 4.79 Å². The summed E-state index contributed by atoms with van der Waals surface area (Å²) < 4.78 is 67.7. The van der Waals surface area contributed by atoms with Gasteiger partial charge >= 0.3 is 6.18 Å². The van der Waals surface area contributed by atoms with Gasteiger partial charge < -0.3 is 15.6 Å². The van der Waals surface area contributed by atoms with E-state index in [0.29, 0.717) is 46.4 Å². The average Bonchev–Trinajstić information content (AvgIpc) is 3.29. The Morgan fingerprint density at radius 3 is 2.37 bits per heavy atom. The first-order chi connectivity index (χ1) is 19.5. The SMILES string of the molecule is N#Cc1cn(CC(N)=O)c2ncc(-c3ccc(S(=O)(=O)N4CCC(Nc5ccc(C(F)(F)F)cn5)CC4)cc3)cc12. The number of alkyl halides is 3. The Balaban J connectivity index is 1.26. The molecule has 1 aliphatic heterocycles. The van der Waals surface area contributed by atoms with E-state index in [9.17, 15) is 31.6 Å². The molecule has 1 aromatic carbocycles. The minimum Gasteiger partial charge on any atom is -0.368 e. The van der Waals surface area contributed by atoms with Gasteiger partial charge in [-0.15, -0.1) is 0 Å². The molecule has 1 saturated heterocycles. The lowest BCUT2D eigenvalue weighted by Gasteiger charge is -2.32. The van der Waals surface area contributed by atoms with Crippen molar-refractivity contribution in [1.82, 2.24) is 18.8 Å². The van der Waals surface area contributed by atoms with Crippen LogP contribution >= 0.6 is 0 Å². The predicted octanol–water partition coefficient (Wildman–Crippen LogP) is 3.74. The number of nitrogens with two attached hydrogens (primary N) is 1. The van der Waals surface area contributed by atoms with Crippen LogP contribution in [0.2, 0.25) is 0 Å². The number of primary amides is 1. The molecular weight excluding hydrogens is 559 g/mol. The monoisotopic (exact) mass is 583 g/mol. The fourth-order valence-corrected chi connectivity index (χ4v) is 6.24. The third kappa shape index (κ3) is 5.86. The van der Waals surface area contributed by atoms with Gasteiger partial charge in [-0.2, -0.15) is 22.7 Å². The number of halogens is 3. The number of sulfonamides is 1. The molecule has 5 rings (SSSR count). The fraction of sp³-hybridized carbons (Fsp3) is 0.259. The zero-order valence-electron chi connectivity index (χ0n) is 21.5. The summed E-state index contributed by atoms with van der Waals surface area (Å²) in [4.78, 5) is 19.7. The second-order valence-electron chi connectivity index (χ2n) is 9.62. The number of fused-ring (bicyclic) bond motifs is 1. The minimum atomic E-state index is -4.46. The number of carbonyl (C=O) groups excluding carboxylic acids is 1. The molecular formula is C27H24F3N7O3S. The fourth-order valence-electron chi connectivity index (χ4n) is 4.77. The van der Waals surface area contributed by atoms with E-state index >= 15 is 0 Å². The summed E-state index contributed by atoms with van der Waals surface area (Å²) >= 11 is 0. The van der Waals surface area contributed by atoms with Crippen molar-refractivity contribution in [3.63, 3.8) is 0 Å². The maximum atomic E-state index is 13.3. The highest BCUT2D eigenvalue weighted by molar-refractivity contribution is 7.89. The zero-order chi connectivity index (χ0) is 29.4. The third-order valence-corrected chi connectivity index (χ3v) is 8.80. The molecule has 0 spiro atoms. The quantitative estimate of drug-likeness (QED) is 0.337. The number of anilines is 1. The van der Waals surface area contributed by atoms with Gasteiger partial charge in [0.25, 0.3) is 0 Å². The number of hydrogen-bond acceptors (Lipinski definition) is 7. The average molecular weight is 584 g/mol. The lowest BCUT2D eigenvalue weighted by molar-refractivity contribution is -0.137. The number of rotatable bonds is 7. The number of carbonyl (C=O) groups is 1. The normalized spacial score (nSPS) is 15.1. The molecule has 0 bridgehead atoms. The van der Waals surface area contributed by atoms with Gasteiger partial charge in [0.1, 0.15) is 24.1 Å². The molecule has 3 N–H and O–H groups in total. The number of aromatic nitrogens is 3. The van der Waals surface area contributed by atoms with E-state index < -0.39 is 27.7 Å². The molecule has 1 aliphatic rings. The zero-order valence-corrected chi connectivity index (χ0v) is 22.3. The van der Waals surface area contributed by atoms with Crippen molar-refractivity contribution in [2.45, 2.75) is 36.5 Å². The number of nitrogens with one attached hydrogen (secondary N) is 1. The molecule has 0 atom stereocenters. The van der Waals surface area contributed by atoms with Crippen molar-refractivity contribution >= 4 is 32.8 Å². The van der Waals surface area contributed by atoms with Gasteiger partial charge in [-0.1, -0.05) is 12.1 Å². The number of piperidine rings is 1. The van der Waals surface area contributed by atoms with Crippen LogP contribution in [0.5, 0.6) is 0 Å². The number of amides is 1. The molecule has 14 heteroatoms. The van der Waals surface area contributed by atoms with Crippen LogP contribution < -0.4 is 11.1 Å². The molecule has 4 heterocycles. The van der Waals surface area contributed by atoms with E-state index in [1.54, 1.807) is 24.4 Å². The van der Waals surface area contributed by atoms with Crippen LogP contribution in [0.4, 0.5) is 19.0 Å². The highest BCUT2D eigenvalue weighted by Gasteiger charge is 2.32. The minimum absolute atomic E-state index is 0.115. The van der Waals surface area contributed by atoms with Crippen LogP contribution in [0.15, 0.2) is 66.0 Å². The molecule has 0 unspecified atom stereocenters. The van der Waals surface area contributed by atoms with Gasteiger partial charge in [0.15, 0.2) is 0 Å². The molecule has 0 saturated carbocycles. The summed E-state index contributed by atoms with van der Waals surface area (Å²) in [5, 5.41) is 13.1. The third-order valence-electron chi connectivity index (χ3n) is 6.88. The Morgan fingerprint density at radius 1 is 1.07 bits per heavy atom. The van der Waals surface area contributed by atoms with E-state index in [2.05, 4.69) is 21.4 Å². The van der Waals surface area contributed by atoms with Crippen LogP contribution in [-0.2, 0) is 27.5 Å². The molecule has 41 heavy (non-hydrogen) atoms. The van der Waals surface area contributed by atoms with E-state index in [0.717, 1.165) is 12.3 Å². The van der Waals surface area contributed by atoms with E-state index in [4.69, 9.17) is 5.73 Å². The highest BCUT2D eigenvalue weighted by atomic mass is 32.2. The maximum Gasteiger partial charge on any atom is 0.417 e. The molecule has 1 amide bonds. The Kier molecular flexibility index (Phi) is 7.41. The first kappa shape index (κ1) is 28.1. The summed E-state index contributed by atoms with van der Waals surface area (Å²) in [7, 11) is -3.77. The maximum absolute atomic E-state index is 13.3. The van der Waals surface area contributed by atoms with Gasteiger partial charge in [0.2, 0.25) is 15.9 Å². The molecule has 3 aromatic heterocycles. The Labute approximate surface area is 233 Å². The van der Waals surface area contributed by atoms with Crippen molar-refractivity contribution in [3.05, 3.63) is 72.2 Å². The molecule has 0 radical (unpaired) electrons. The van der Waals surface area contributed by atoms with Crippen molar-refractivity contribution in [3.8, 4) is 17.2 Å². The van der Waals surface area contributed by atoms with Crippen LogP contribution in [-0.4, -0.2) is 52.3 Å². The van der Waals surface area contributed by atoms with Gasteiger partial charge in [0.05, 0.1) is 16.0 Å². The van der Waals surface area contributed by atoms with Crippen molar-refractivity contribution in [2.24, 2.45) is 5.73 Å². The number of nitrogens with zero attached hydrogens (tertiary/aromatic N) is 5.